The predicted octanol–water partition coefficient (Wildman–Crippen LogP) is 1.15. The van der Waals surface area contributed by atoms with E-state index in [1.807, 2.05) is 4.90 Å². The molecule has 0 radical (unpaired) electrons. The van der Waals surface area contributed by atoms with E-state index in [0.29, 0.717) is 6.42 Å². The number of carbonyl (C=O) groups excluding carboxylic acids is 1. The third kappa shape index (κ3) is 2.84. The lowest BCUT2D eigenvalue weighted by atomic mass is 9.98. The SMILES string of the molecule is C=CCC(N)C(=O)N1CCC(C)CC1. The topological polar surface area (TPSA) is 46.3 Å². The molecule has 1 amide bonds. The fourth-order valence-corrected chi connectivity index (χ4v) is 1.74. The number of rotatable bonds is 3. The molecule has 1 fully saturated rings. The van der Waals surface area contributed by atoms with Crippen LogP contribution in [0.3, 0.4) is 0 Å². The number of nitrogens with zero attached hydrogens (tertiary/aromatic N) is 1. The smallest absolute Gasteiger partial charge is 0.239 e. The van der Waals surface area contributed by atoms with Crippen LogP contribution in [0.5, 0.6) is 0 Å². The highest BCUT2D eigenvalue weighted by Crippen LogP contribution is 2.16. The highest BCUT2D eigenvalue weighted by molar-refractivity contribution is 5.81. The number of carbonyl (C=O) groups is 1. The molecule has 1 unspecified atom stereocenters. The van der Waals surface area contributed by atoms with Gasteiger partial charge in [-0.05, 0) is 25.2 Å². The summed E-state index contributed by atoms with van der Waals surface area (Å²) >= 11 is 0. The zero-order valence-electron chi connectivity index (χ0n) is 8.91. The molecule has 0 spiro atoms. The van der Waals surface area contributed by atoms with Crippen molar-refractivity contribution in [2.75, 3.05) is 13.1 Å². The predicted molar refractivity (Wildman–Crippen MR) is 57.8 cm³/mol. The maximum atomic E-state index is 11.7. The van der Waals surface area contributed by atoms with Crippen molar-refractivity contribution in [3.05, 3.63) is 12.7 Å². The van der Waals surface area contributed by atoms with Crippen molar-refractivity contribution in [1.29, 1.82) is 0 Å². The van der Waals surface area contributed by atoms with Crippen LogP contribution in [-0.4, -0.2) is 29.9 Å². The number of likely N-dealkylation sites (tertiary alicyclic amines) is 1. The molecule has 0 saturated carbocycles. The average Bonchev–Trinajstić information content (AvgIpc) is 2.18. The monoisotopic (exact) mass is 196 g/mol. The lowest BCUT2D eigenvalue weighted by molar-refractivity contribution is -0.133. The first kappa shape index (κ1) is 11.2. The quantitative estimate of drug-likeness (QED) is 0.688. The molecular formula is C11H20N2O. The summed E-state index contributed by atoms with van der Waals surface area (Å²) < 4.78 is 0. The van der Waals surface area contributed by atoms with Gasteiger partial charge in [-0.15, -0.1) is 6.58 Å². The molecule has 80 valence electrons. The van der Waals surface area contributed by atoms with Gasteiger partial charge in [-0.25, -0.2) is 0 Å². The third-order valence-electron chi connectivity index (χ3n) is 2.83. The molecule has 0 aromatic heterocycles. The molecular weight excluding hydrogens is 176 g/mol. The van der Waals surface area contributed by atoms with Crippen LogP contribution in [-0.2, 0) is 4.79 Å². The zero-order chi connectivity index (χ0) is 10.6. The lowest BCUT2D eigenvalue weighted by Crippen LogP contribution is -2.46. The van der Waals surface area contributed by atoms with Crippen LogP contribution in [0.25, 0.3) is 0 Å². The Labute approximate surface area is 86.0 Å². The summed E-state index contributed by atoms with van der Waals surface area (Å²) in [5, 5.41) is 0. The molecule has 0 bridgehead atoms. The van der Waals surface area contributed by atoms with E-state index in [2.05, 4.69) is 13.5 Å². The Kier molecular flexibility index (Phi) is 4.14. The summed E-state index contributed by atoms with van der Waals surface area (Å²) in [7, 11) is 0. The van der Waals surface area contributed by atoms with Crippen LogP contribution < -0.4 is 5.73 Å². The minimum atomic E-state index is -0.388. The van der Waals surface area contributed by atoms with E-state index in [1.54, 1.807) is 6.08 Å². The Bertz CT molecular complexity index is 207. The molecule has 1 aliphatic rings. The molecule has 1 aliphatic heterocycles. The van der Waals surface area contributed by atoms with Crippen molar-refractivity contribution in [2.45, 2.75) is 32.2 Å². The Morgan fingerprint density at radius 3 is 2.71 bits per heavy atom. The van der Waals surface area contributed by atoms with Crippen molar-refractivity contribution in [1.82, 2.24) is 4.90 Å². The van der Waals surface area contributed by atoms with Gasteiger partial charge in [-0.2, -0.15) is 0 Å². The maximum absolute atomic E-state index is 11.7. The van der Waals surface area contributed by atoms with Crippen molar-refractivity contribution >= 4 is 5.91 Å². The van der Waals surface area contributed by atoms with Crippen LogP contribution in [0.2, 0.25) is 0 Å². The fourth-order valence-electron chi connectivity index (χ4n) is 1.74. The highest BCUT2D eigenvalue weighted by Gasteiger charge is 2.23. The molecule has 14 heavy (non-hydrogen) atoms. The van der Waals surface area contributed by atoms with Gasteiger partial charge >= 0.3 is 0 Å². The molecule has 0 aromatic rings. The molecule has 1 atom stereocenters. The molecule has 0 aromatic carbocycles. The van der Waals surface area contributed by atoms with Gasteiger partial charge < -0.3 is 10.6 Å². The maximum Gasteiger partial charge on any atom is 0.239 e. The molecule has 0 aliphatic carbocycles. The van der Waals surface area contributed by atoms with Gasteiger partial charge in [0, 0.05) is 13.1 Å². The van der Waals surface area contributed by atoms with Crippen LogP contribution in [0, 0.1) is 5.92 Å². The van der Waals surface area contributed by atoms with Crippen molar-refractivity contribution in [3.63, 3.8) is 0 Å². The third-order valence-corrected chi connectivity index (χ3v) is 2.83. The second kappa shape index (κ2) is 5.15. The van der Waals surface area contributed by atoms with E-state index < -0.39 is 0 Å². The number of hydrogen-bond donors (Lipinski definition) is 1. The van der Waals surface area contributed by atoms with Crippen molar-refractivity contribution < 1.29 is 4.79 Å². The summed E-state index contributed by atoms with van der Waals surface area (Å²) in [6.45, 7) is 7.55. The van der Waals surface area contributed by atoms with Crippen molar-refractivity contribution in [3.8, 4) is 0 Å². The minimum Gasteiger partial charge on any atom is -0.341 e. The number of amides is 1. The van der Waals surface area contributed by atoms with Gasteiger partial charge in [0.25, 0.3) is 0 Å². The molecule has 3 heteroatoms. The van der Waals surface area contributed by atoms with Crippen LogP contribution in [0.1, 0.15) is 26.2 Å². The second-order valence-corrected chi connectivity index (χ2v) is 4.14. The number of hydrogen-bond acceptors (Lipinski definition) is 2. The van der Waals surface area contributed by atoms with Gasteiger partial charge in [-0.1, -0.05) is 13.0 Å². The largest absolute Gasteiger partial charge is 0.341 e. The standard InChI is InChI=1S/C11H20N2O/c1-3-4-10(12)11(14)13-7-5-9(2)6-8-13/h3,9-10H,1,4-8,12H2,2H3. The van der Waals surface area contributed by atoms with Gasteiger partial charge in [0.2, 0.25) is 5.91 Å². The number of nitrogens with two attached hydrogens (primary N) is 1. The first-order chi connectivity index (χ1) is 6.65. The van der Waals surface area contributed by atoms with E-state index in [-0.39, 0.29) is 11.9 Å². The van der Waals surface area contributed by atoms with Gasteiger partial charge in [-0.3, -0.25) is 4.79 Å². The Morgan fingerprint density at radius 1 is 1.64 bits per heavy atom. The Morgan fingerprint density at radius 2 is 2.21 bits per heavy atom. The molecule has 3 nitrogen and oxygen atoms in total. The first-order valence-electron chi connectivity index (χ1n) is 5.30. The summed E-state index contributed by atoms with van der Waals surface area (Å²) in [5.74, 6) is 0.825. The van der Waals surface area contributed by atoms with Crippen LogP contribution >= 0.6 is 0 Å². The second-order valence-electron chi connectivity index (χ2n) is 4.14. The highest BCUT2D eigenvalue weighted by atomic mass is 16.2. The summed E-state index contributed by atoms with van der Waals surface area (Å²) in [5.41, 5.74) is 5.73. The van der Waals surface area contributed by atoms with Gasteiger partial charge in [0.15, 0.2) is 0 Å². The van der Waals surface area contributed by atoms with Gasteiger partial charge in [0.05, 0.1) is 6.04 Å². The van der Waals surface area contributed by atoms with E-state index in [1.165, 1.54) is 0 Å². The van der Waals surface area contributed by atoms with E-state index in [9.17, 15) is 4.79 Å². The normalized spacial score (nSPS) is 20.6. The average molecular weight is 196 g/mol. The summed E-state index contributed by atoms with van der Waals surface area (Å²) in [4.78, 5) is 13.6. The summed E-state index contributed by atoms with van der Waals surface area (Å²) in [6.07, 6.45) is 4.49. The fraction of sp³-hybridized carbons (Fsp3) is 0.727. The lowest BCUT2D eigenvalue weighted by Gasteiger charge is -2.31. The minimum absolute atomic E-state index is 0.0804. The molecule has 1 heterocycles. The first-order valence-corrected chi connectivity index (χ1v) is 5.30. The Hall–Kier alpha value is -0.830. The number of piperidine rings is 1. The van der Waals surface area contributed by atoms with E-state index in [0.717, 1.165) is 31.8 Å². The molecule has 2 N–H and O–H groups in total. The van der Waals surface area contributed by atoms with E-state index >= 15 is 0 Å². The van der Waals surface area contributed by atoms with Crippen molar-refractivity contribution in [2.24, 2.45) is 11.7 Å². The van der Waals surface area contributed by atoms with Gasteiger partial charge in [0.1, 0.15) is 0 Å². The Balaban J connectivity index is 2.40. The zero-order valence-corrected chi connectivity index (χ0v) is 8.91. The molecule has 1 rings (SSSR count). The van der Waals surface area contributed by atoms with E-state index in [4.69, 9.17) is 5.73 Å². The van der Waals surface area contributed by atoms with Crippen LogP contribution in [0.15, 0.2) is 12.7 Å². The summed E-state index contributed by atoms with van der Waals surface area (Å²) in [6, 6.07) is -0.388. The van der Waals surface area contributed by atoms with Crippen LogP contribution in [0.4, 0.5) is 0 Å². The molecule has 1 saturated heterocycles.